The number of hydrogen-bond donors (Lipinski definition) is 2. The number of anilines is 2. The average Bonchev–Trinajstić information content (AvgIpc) is 3.04. The van der Waals surface area contributed by atoms with E-state index in [1.807, 2.05) is 60.7 Å². The number of carbonyl (C=O) groups excluding carboxylic acids is 4. The number of quaternary nitrogens is 1. The molecule has 2 N–H and O–H groups in total. The monoisotopic (exact) mass is 639 g/mol. The van der Waals surface area contributed by atoms with Gasteiger partial charge in [0.1, 0.15) is 24.8 Å². The zero-order valence-corrected chi connectivity index (χ0v) is 24.6. The summed E-state index contributed by atoms with van der Waals surface area (Å²) in [6.45, 7) is 2.71. The molecule has 4 aliphatic rings. The number of halogens is 3. The highest BCUT2D eigenvalue weighted by Gasteiger charge is 2.49. The fourth-order valence-electron chi connectivity index (χ4n) is 6.07. The zero-order valence-electron chi connectivity index (χ0n) is 24.6. The van der Waals surface area contributed by atoms with Crippen molar-refractivity contribution >= 4 is 35.0 Å². The Kier molecular flexibility index (Phi) is 9.61. The molecule has 13 heteroatoms. The minimum Gasteiger partial charge on any atom is -0.542 e. The number of piperidine rings is 3. The van der Waals surface area contributed by atoms with Crippen LogP contribution in [-0.2, 0) is 19.1 Å². The highest BCUT2D eigenvalue weighted by molar-refractivity contribution is 6.01. The first-order valence-electron chi connectivity index (χ1n) is 14.7. The van der Waals surface area contributed by atoms with Crippen molar-refractivity contribution in [3.05, 3.63) is 90.0 Å². The van der Waals surface area contributed by atoms with Crippen molar-refractivity contribution < 1.29 is 51.4 Å². The van der Waals surface area contributed by atoms with Crippen LogP contribution >= 0.6 is 0 Å². The summed E-state index contributed by atoms with van der Waals surface area (Å²) in [4.78, 5) is 47.5. The number of ketones is 1. The maximum absolute atomic E-state index is 13.6. The topological polar surface area (TPSA) is 134 Å². The molecule has 0 spiro atoms. The second kappa shape index (κ2) is 13.6. The lowest BCUT2D eigenvalue weighted by Crippen LogP contribution is -2.65. The summed E-state index contributed by atoms with van der Waals surface area (Å²) in [6.07, 6.45) is -3.60. The van der Waals surface area contributed by atoms with Gasteiger partial charge in [0.2, 0.25) is 5.78 Å². The van der Waals surface area contributed by atoms with E-state index < -0.39 is 18.2 Å². The van der Waals surface area contributed by atoms with E-state index in [0.717, 1.165) is 37.2 Å². The molecule has 0 unspecified atom stereocenters. The number of amides is 1. The van der Waals surface area contributed by atoms with Crippen LogP contribution in [-0.4, -0.2) is 73.2 Å². The molecule has 0 aliphatic carbocycles. The molecular weight excluding hydrogens is 607 g/mol. The number of carboxylic acids is 1. The van der Waals surface area contributed by atoms with Crippen molar-refractivity contribution in [1.29, 1.82) is 0 Å². The fourth-order valence-corrected chi connectivity index (χ4v) is 6.07. The summed E-state index contributed by atoms with van der Waals surface area (Å²) in [5.41, 5.74) is 2.76. The molecule has 2 atom stereocenters. The molecule has 7 rings (SSSR count). The number of para-hydroxylation sites is 1. The molecule has 0 aromatic heterocycles. The van der Waals surface area contributed by atoms with Gasteiger partial charge in [-0.15, -0.1) is 0 Å². The molecule has 2 bridgehead atoms. The summed E-state index contributed by atoms with van der Waals surface area (Å²) < 4.78 is 43.8. The second-order valence-electron chi connectivity index (χ2n) is 11.6. The van der Waals surface area contributed by atoms with Crippen LogP contribution in [0.3, 0.4) is 0 Å². The van der Waals surface area contributed by atoms with Crippen molar-refractivity contribution in [3.63, 3.8) is 0 Å². The van der Waals surface area contributed by atoms with Crippen LogP contribution in [0.25, 0.3) is 0 Å². The summed E-state index contributed by atoms with van der Waals surface area (Å²) in [6, 6.07) is 23.8. The quantitative estimate of drug-likeness (QED) is 0.218. The van der Waals surface area contributed by atoms with E-state index in [9.17, 15) is 27.6 Å². The smallest absolute Gasteiger partial charge is 0.430 e. The van der Waals surface area contributed by atoms with Gasteiger partial charge in [-0.05, 0) is 35.9 Å². The van der Waals surface area contributed by atoms with Gasteiger partial charge in [-0.1, -0.05) is 48.5 Å². The normalized spacial score (nSPS) is 22.1. The summed E-state index contributed by atoms with van der Waals surface area (Å²) in [7, 11) is 0. The lowest BCUT2D eigenvalue weighted by molar-refractivity contribution is -0.938. The highest BCUT2D eigenvalue weighted by Crippen LogP contribution is 2.37. The summed E-state index contributed by atoms with van der Waals surface area (Å²) >= 11 is 0. The van der Waals surface area contributed by atoms with Crippen LogP contribution in [0.4, 0.5) is 24.5 Å². The van der Waals surface area contributed by atoms with Gasteiger partial charge in [0.15, 0.2) is 18.8 Å². The molecule has 4 heterocycles. The van der Waals surface area contributed by atoms with Gasteiger partial charge in [0, 0.05) is 30.0 Å². The van der Waals surface area contributed by atoms with Crippen LogP contribution in [0, 0.1) is 5.92 Å². The number of rotatable bonds is 8. The van der Waals surface area contributed by atoms with Crippen molar-refractivity contribution in [2.24, 2.45) is 5.92 Å². The Morgan fingerprint density at radius 3 is 2.26 bits per heavy atom. The van der Waals surface area contributed by atoms with Crippen LogP contribution in [0.15, 0.2) is 78.9 Å². The van der Waals surface area contributed by atoms with Gasteiger partial charge < -0.3 is 34.5 Å². The molecule has 3 fully saturated rings. The van der Waals surface area contributed by atoms with Crippen molar-refractivity contribution in [1.82, 2.24) is 0 Å². The summed E-state index contributed by atoms with van der Waals surface area (Å²) in [5.74, 6) is -2.66. The number of carbonyl (C=O) groups is 4. The second-order valence-corrected chi connectivity index (χ2v) is 11.6. The number of Topliss-reactive ketones (excluding diaryl/α,β-unsaturated/α-hetero) is 1. The van der Waals surface area contributed by atoms with Gasteiger partial charge in [-0.3, -0.25) is 9.59 Å². The fraction of sp³-hybridized carbons (Fsp3) is 0.333. The van der Waals surface area contributed by atoms with E-state index in [-0.39, 0.29) is 30.4 Å². The van der Waals surface area contributed by atoms with E-state index in [1.54, 1.807) is 18.2 Å². The maximum Gasteiger partial charge on any atom is 0.430 e. The SMILES string of the molecule is O=C([O-])C(F)(F)F.O=C1COc2ccc(C(=O)C[N+]34CCC(CC3)[C@@H](OC(=O)[C@H](Nc3ccccc3)c3ccccc3)C4)cc2N1. The largest absolute Gasteiger partial charge is 0.542 e. The Balaban J connectivity index is 0.000000537. The number of esters is 1. The molecule has 10 nitrogen and oxygen atoms in total. The predicted octanol–water partition coefficient (Wildman–Crippen LogP) is 3.50. The number of carboxylic acid groups (broad SMARTS) is 1. The van der Waals surface area contributed by atoms with E-state index in [0.29, 0.717) is 40.5 Å². The zero-order chi connectivity index (χ0) is 32.9. The van der Waals surface area contributed by atoms with Crippen LogP contribution in [0.2, 0.25) is 0 Å². The minimum absolute atomic E-state index is 0.0101. The maximum atomic E-state index is 13.6. The molecule has 3 aromatic carbocycles. The molecule has 242 valence electrons. The third-order valence-electron chi connectivity index (χ3n) is 8.41. The lowest BCUT2D eigenvalue weighted by atomic mass is 9.82. The number of alkyl halides is 3. The third kappa shape index (κ3) is 7.83. The molecule has 0 saturated carbocycles. The van der Waals surface area contributed by atoms with E-state index in [4.69, 9.17) is 19.4 Å². The van der Waals surface area contributed by atoms with Gasteiger partial charge in [-0.25, -0.2) is 4.79 Å². The highest BCUT2D eigenvalue weighted by atomic mass is 19.4. The number of ether oxygens (including phenoxy) is 2. The van der Waals surface area contributed by atoms with Gasteiger partial charge in [0.25, 0.3) is 5.91 Å². The van der Waals surface area contributed by atoms with E-state index in [2.05, 4.69) is 10.6 Å². The number of nitrogens with zero attached hydrogens (tertiary/aromatic N) is 1. The van der Waals surface area contributed by atoms with E-state index in [1.165, 1.54) is 0 Å². The third-order valence-corrected chi connectivity index (χ3v) is 8.41. The molecule has 3 saturated heterocycles. The summed E-state index contributed by atoms with van der Waals surface area (Å²) in [5, 5.41) is 14.9. The molecule has 46 heavy (non-hydrogen) atoms. The van der Waals surface area contributed by atoms with Crippen LogP contribution in [0.1, 0.15) is 34.8 Å². The Labute approximate surface area is 262 Å². The predicted molar refractivity (Wildman–Crippen MR) is 158 cm³/mol. The van der Waals surface area contributed by atoms with Crippen molar-refractivity contribution in [2.75, 3.05) is 43.4 Å². The Hall–Kier alpha value is -4.91. The molecule has 0 radical (unpaired) electrons. The molecule has 3 aromatic rings. The number of fused-ring (bicyclic) bond motifs is 4. The van der Waals surface area contributed by atoms with E-state index >= 15 is 0 Å². The average molecular weight is 640 g/mol. The Morgan fingerprint density at radius 1 is 1.00 bits per heavy atom. The van der Waals surface area contributed by atoms with Crippen molar-refractivity contribution in [2.45, 2.75) is 31.2 Å². The molecule has 4 aliphatic heterocycles. The number of hydrogen-bond acceptors (Lipinski definition) is 8. The number of benzene rings is 3. The first kappa shape index (κ1) is 32.5. The van der Waals surface area contributed by atoms with Crippen molar-refractivity contribution in [3.8, 4) is 5.75 Å². The van der Waals surface area contributed by atoms with Gasteiger partial charge >= 0.3 is 12.1 Å². The standard InChI is InChI=1S/C31H31N3O5.C2HF3O2/c35-26(23-11-12-27-25(17-23)33-29(36)20-38-27)18-34-15-13-21(14-16-34)28(19-34)39-31(37)30(22-7-3-1-4-8-22)32-24-9-5-2-6-10-24;3-2(4,5)1(6)7/h1-12,17,21,28,30,32H,13-16,18-20H2;(H,6,7)/t21?,28-,30+,34?;/m0./s1. The minimum atomic E-state index is -5.19. The lowest BCUT2D eigenvalue weighted by Gasteiger charge is -2.51. The van der Waals surface area contributed by atoms with Gasteiger partial charge in [-0.2, -0.15) is 13.2 Å². The van der Waals surface area contributed by atoms with Crippen LogP contribution in [0.5, 0.6) is 5.75 Å². The number of aliphatic carboxylic acids is 1. The number of nitrogens with one attached hydrogen (secondary N) is 2. The first-order chi connectivity index (χ1) is 21.9. The Morgan fingerprint density at radius 2 is 1.63 bits per heavy atom. The molecular formula is C33H32F3N3O7. The first-order valence-corrected chi connectivity index (χ1v) is 14.7. The van der Waals surface area contributed by atoms with Crippen LogP contribution < -0.4 is 20.5 Å². The molecule has 1 amide bonds. The Bertz CT molecular complexity index is 1580. The van der Waals surface area contributed by atoms with Gasteiger partial charge in [0.05, 0.1) is 18.8 Å².